The van der Waals surface area contributed by atoms with E-state index in [4.69, 9.17) is 4.74 Å². The van der Waals surface area contributed by atoms with E-state index in [1.807, 2.05) is 6.92 Å². The zero-order valence-corrected chi connectivity index (χ0v) is 15.0. The highest BCUT2D eigenvalue weighted by molar-refractivity contribution is 5.81. The third-order valence-corrected chi connectivity index (χ3v) is 5.57. The summed E-state index contributed by atoms with van der Waals surface area (Å²) in [6.07, 6.45) is 4.87. The van der Waals surface area contributed by atoms with E-state index < -0.39 is 0 Å². The van der Waals surface area contributed by atoms with Crippen LogP contribution in [-0.4, -0.2) is 48.2 Å². The van der Waals surface area contributed by atoms with Gasteiger partial charge < -0.3 is 15.0 Å². The minimum absolute atomic E-state index is 0.0468. The fraction of sp³-hybridized carbons (Fsp3) is 0.650. The Hall–Kier alpha value is -1.39. The highest BCUT2D eigenvalue weighted by Gasteiger charge is 2.48. The summed E-state index contributed by atoms with van der Waals surface area (Å²) in [4.78, 5) is 14.5. The van der Waals surface area contributed by atoms with Crippen LogP contribution in [0.1, 0.15) is 45.1 Å². The van der Waals surface area contributed by atoms with Gasteiger partial charge >= 0.3 is 0 Å². The third kappa shape index (κ3) is 3.81. The molecule has 0 radical (unpaired) electrons. The van der Waals surface area contributed by atoms with E-state index in [1.165, 1.54) is 5.56 Å². The van der Waals surface area contributed by atoms with Crippen LogP contribution in [0, 0.1) is 0 Å². The number of amides is 1. The Balaban J connectivity index is 1.56. The molecule has 0 aliphatic carbocycles. The summed E-state index contributed by atoms with van der Waals surface area (Å²) in [5.41, 5.74) is 1.24. The highest BCUT2D eigenvalue weighted by atomic mass is 16.5. The van der Waals surface area contributed by atoms with Gasteiger partial charge in [0.05, 0.1) is 11.6 Å². The predicted octanol–water partition coefficient (Wildman–Crippen LogP) is 2.77. The summed E-state index contributed by atoms with van der Waals surface area (Å²) < 4.78 is 6.26. The van der Waals surface area contributed by atoms with Crippen molar-refractivity contribution in [2.75, 3.05) is 19.6 Å². The molecule has 1 spiro atoms. The fourth-order valence-electron chi connectivity index (χ4n) is 4.09. The van der Waals surface area contributed by atoms with Crippen molar-refractivity contribution in [3.8, 4) is 0 Å². The van der Waals surface area contributed by atoms with E-state index in [-0.39, 0.29) is 23.7 Å². The van der Waals surface area contributed by atoms with Gasteiger partial charge in [-0.3, -0.25) is 4.79 Å². The Morgan fingerprint density at radius 2 is 1.96 bits per heavy atom. The average molecular weight is 330 g/mol. The molecule has 132 valence electrons. The monoisotopic (exact) mass is 330 g/mol. The molecule has 0 saturated carbocycles. The Kier molecular flexibility index (Phi) is 5.57. The molecule has 0 aromatic heterocycles. The van der Waals surface area contributed by atoms with Gasteiger partial charge in [0.1, 0.15) is 6.10 Å². The summed E-state index contributed by atoms with van der Waals surface area (Å²) >= 11 is 0. The minimum atomic E-state index is -0.325. The number of piperidine rings is 1. The zero-order chi connectivity index (χ0) is 17.0. The minimum Gasteiger partial charge on any atom is -0.360 e. The summed E-state index contributed by atoms with van der Waals surface area (Å²) in [7, 11) is 0. The quantitative estimate of drug-likeness (QED) is 0.902. The van der Waals surface area contributed by atoms with Crippen molar-refractivity contribution in [2.45, 2.75) is 63.7 Å². The Morgan fingerprint density at radius 3 is 2.62 bits per heavy atom. The van der Waals surface area contributed by atoms with Gasteiger partial charge in [0, 0.05) is 19.6 Å². The molecule has 2 aliphatic rings. The first kappa shape index (κ1) is 17.4. The van der Waals surface area contributed by atoms with Gasteiger partial charge in [-0.1, -0.05) is 43.7 Å². The summed E-state index contributed by atoms with van der Waals surface area (Å²) in [5.74, 6) is 0.0468. The average Bonchev–Trinajstić information content (AvgIpc) is 2.60. The van der Waals surface area contributed by atoms with Gasteiger partial charge in [0.2, 0.25) is 5.91 Å². The molecule has 2 aliphatic heterocycles. The number of benzene rings is 1. The fourth-order valence-corrected chi connectivity index (χ4v) is 4.09. The molecule has 1 amide bonds. The molecule has 2 heterocycles. The van der Waals surface area contributed by atoms with Gasteiger partial charge in [0.15, 0.2) is 0 Å². The van der Waals surface area contributed by atoms with Crippen LogP contribution in [0.2, 0.25) is 0 Å². The number of likely N-dealkylation sites (tertiary alicyclic amines) is 1. The molecule has 1 aromatic carbocycles. The lowest BCUT2D eigenvalue weighted by atomic mass is 9.80. The molecule has 1 aromatic rings. The van der Waals surface area contributed by atoms with Gasteiger partial charge in [-0.05, 0) is 38.2 Å². The second-order valence-electron chi connectivity index (χ2n) is 7.25. The lowest BCUT2D eigenvalue weighted by molar-refractivity contribution is -0.181. The van der Waals surface area contributed by atoms with E-state index >= 15 is 0 Å². The summed E-state index contributed by atoms with van der Waals surface area (Å²) in [6.45, 7) is 7.25. The molecule has 2 fully saturated rings. The first-order chi connectivity index (χ1) is 11.6. The number of carbonyl (C=O) groups is 1. The summed E-state index contributed by atoms with van der Waals surface area (Å²) in [5, 5.41) is 3.22. The number of rotatable bonds is 5. The van der Waals surface area contributed by atoms with Crippen molar-refractivity contribution in [3.05, 3.63) is 35.9 Å². The van der Waals surface area contributed by atoms with Crippen LogP contribution in [0.5, 0.6) is 0 Å². The van der Waals surface area contributed by atoms with Crippen molar-refractivity contribution in [3.63, 3.8) is 0 Å². The van der Waals surface area contributed by atoms with Crippen LogP contribution in [0.3, 0.4) is 0 Å². The maximum atomic E-state index is 12.0. The molecular formula is C20H30N2O2. The maximum absolute atomic E-state index is 12.0. The molecule has 3 rings (SSSR count). The van der Waals surface area contributed by atoms with Crippen LogP contribution >= 0.6 is 0 Å². The molecule has 0 bridgehead atoms. The largest absolute Gasteiger partial charge is 0.360 e. The number of morpholine rings is 1. The van der Waals surface area contributed by atoms with Crippen molar-refractivity contribution in [1.29, 1.82) is 0 Å². The number of carbonyl (C=O) groups excluding carboxylic acids is 1. The lowest BCUT2D eigenvalue weighted by Gasteiger charge is -2.50. The van der Waals surface area contributed by atoms with Crippen molar-refractivity contribution in [1.82, 2.24) is 10.2 Å². The van der Waals surface area contributed by atoms with E-state index in [0.717, 1.165) is 51.7 Å². The second kappa shape index (κ2) is 7.66. The maximum Gasteiger partial charge on any atom is 0.249 e. The van der Waals surface area contributed by atoms with Crippen molar-refractivity contribution >= 4 is 5.91 Å². The zero-order valence-electron chi connectivity index (χ0n) is 15.0. The van der Waals surface area contributed by atoms with Gasteiger partial charge in [-0.2, -0.15) is 0 Å². The Morgan fingerprint density at radius 1 is 1.25 bits per heavy atom. The smallest absolute Gasteiger partial charge is 0.249 e. The van der Waals surface area contributed by atoms with Crippen LogP contribution in [0.4, 0.5) is 0 Å². The molecular weight excluding hydrogens is 300 g/mol. The SMILES string of the molecule is CCCC1NC(=O)C(C)OC12CCN(CCc1ccccc1)CC2. The van der Waals surface area contributed by atoms with Crippen molar-refractivity contribution in [2.24, 2.45) is 0 Å². The number of nitrogens with one attached hydrogen (secondary N) is 1. The van der Waals surface area contributed by atoms with Crippen LogP contribution in [0.15, 0.2) is 30.3 Å². The molecule has 4 nitrogen and oxygen atoms in total. The molecule has 2 atom stereocenters. The number of nitrogens with zero attached hydrogens (tertiary/aromatic N) is 1. The first-order valence-corrected chi connectivity index (χ1v) is 9.37. The first-order valence-electron chi connectivity index (χ1n) is 9.37. The number of hydrogen-bond donors (Lipinski definition) is 1. The third-order valence-electron chi connectivity index (χ3n) is 5.57. The predicted molar refractivity (Wildman–Crippen MR) is 95.9 cm³/mol. The number of hydrogen-bond acceptors (Lipinski definition) is 3. The van der Waals surface area contributed by atoms with Crippen molar-refractivity contribution < 1.29 is 9.53 Å². The van der Waals surface area contributed by atoms with E-state index in [2.05, 4.69) is 47.5 Å². The summed E-state index contributed by atoms with van der Waals surface area (Å²) in [6, 6.07) is 10.8. The molecule has 2 saturated heterocycles. The molecule has 4 heteroatoms. The van der Waals surface area contributed by atoms with E-state index in [1.54, 1.807) is 0 Å². The second-order valence-corrected chi connectivity index (χ2v) is 7.25. The molecule has 24 heavy (non-hydrogen) atoms. The van der Waals surface area contributed by atoms with Crippen LogP contribution in [-0.2, 0) is 16.0 Å². The van der Waals surface area contributed by atoms with Gasteiger partial charge in [0.25, 0.3) is 0 Å². The van der Waals surface area contributed by atoms with Gasteiger partial charge in [-0.15, -0.1) is 0 Å². The Bertz CT molecular complexity index is 538. The molecule has 1 N–H and O–H groups in total. The van der Waals surface area contributed by atoms with Crippen LogP contribution < -0.4 is 5.32 Å². The number of ether oxygens (including phenoxy) is 1. The van der Waals surface area contributed by atoms with E-state index in [0.29, 0.717) is 0 Å². The van der Waals surface area contributed by atoms with Gasteiger partial charge in [-0.25, -0.2) is 0 Å². The Labute approximate surface area is 145 Å². The lowest BCUT2D eigenvalue weighted by Crippen LogP contribution is -2.65. The topological polar surface area (TPSA) is 41.6 Å². The molecule has 2 unspecified atom stereocenters. The normalized spacial score (nSPS) is 27.2. The van der Waals surface area contributed by atoms with E-state index in [9.17, 15) is 4.79 Å². The van der Waals surface area contributed by atoms with Crippen LogP contribution in [0.25, 0.3) is 0 Å². The highest BCUT2D eigenvalue weighted by Crippen LogP contribution is 2.35. The standard InChI is InChI=1S/C20H30N2O2/c1-3-7-18-20(24-16(2)19(23)21-18)11-14-22(15-12-20)13-10-17-8-5-4-6-9-17/h4-6,8-9,16,18H,3,7,10-15H2,1-2H3,(H,21,23).